The van der Waals surface area contributed by atoms with E-state index in [4.69, 9.17) is 10.0 Å². The van der Waals surface area contributed by atoms with Crippen molar-refractivity contribution in [2.45, 2.75) is 0 Å². The minimum Gasteiger partial charge on any atom is -0.423 e. The smallest absolute Gasteiger partial charge is 0.423 e. The first-order chi connectivity index (χ1) is 7.77. The zero-order valence-electron chi connectivity index (χ0n) is 8.67. The van der Waals surface area contributed by atoms with Crippen LogP contribution in [0.3, 0.4) is 0 Å². The van der Waals surface area contributed by atoms with Gasteiger partial charge in [0.1, 0.15) is 0 Å². The molecular formula is C13H11BO2. The molecule has 3 heteroatoms. The second kappa shape index (κ2) is 4.82. The summed E-state index contributed by atoms with van der Waals surface area (Å²) in [5.74, 6) is 0. The summed E-state index contributed by atoms with van der Waals surface area (Å²) in [6.07, 6.45) is 6.96. The Bertz CT molecular complexity index is 492. The summed E-state index contributed by atoms with van der Waals surface area (Å²) in [6, 6.07) is 9.79. The first kappa shape index (κ1) is 10.7. The van der Waals surface area contributed by atoms with Gasteiger partial charge >= 0.3 is 7.12 Å². The molecule has 0 saturated heterocycles. The van der Waals surface area contributed by atoms with Crippen LogP contribution in [0.4, 0.5) is 0 Å². The van der Waals surface area contributed by atoms with Crippen molar-refractivity contribution in [3.05, 3.63) is 71.4 Å². The van der Waals surface area contributed by atoms with Crippen molar-refractivity contribution in [2.75, 3.05) is 0 Å². The van der Waals surface area contributed by atoms with Crippen molar-refractivity contribution in [1.29, 1.82) is 0 Å². The van der Waals surface area contributed by atoms with E-state index in [0.717, 1.165) is 11.1 Å². The Balaban J connectivity index is 2.41. The molecule has 0 aliphatic heterocycles. The maximum Gasteiger partial charge on any atom is 0.489 e. The topological polar surface area (TPSA) is 40.5 Å². The molecule has 2 nitrogen and oxygen atoms in total. The van der Waals surface area contributed by atoms with Gasteiger partial charge in [-0.05, 0) is 34.8 Å². The van der Waals surface area contributed by atoms with Crippen LogP contribution in [0.5, 0.6) is 0 Å². The van der Waals surface area contributed by atoms with Crippen molar-refractivity contribution < 1.29 is 10.0 Å². The molecule has 0 atom stereocenters. The Labute approximate surface area is 94.7 Å². The van der Waals surface area contributed by atoms with E-state index in [-0.39, 0.29) is 0 Å². The van der Waals surface area contributed by atoms with Crippen LogP contribution < -0.4 is 0 Å². The molecule has 0 unspecified atom stereocenters. The van der Waals surface area contributed by atoms with Gasteiger partial charge in [0.15, 0.2) is 0 Å². The van der Waals surface area contributed by atoms with Crippen molar-refractivity contribution >= 4 is 12.7 Å². The standard InChI is InChI=1S/C13H11BO2/c15-14(16)13-9-5-4-8-12(10-13)11-6-2-1-3-7-11/h1-4,6-10,15-16H. The summed E-state index contributed by atoms with van der Waals surface area (Å²) < 4.78 is 0. The van der Waals surface area contributed by atoms with Crippen LogP contribution in [-0.4, -0.2) is 17.2 Å². The Kier molecular flexibility index (Phi) is 3.23. The summed E-state index contributed by atoms with van der Waals surface area (Å²) in [6.45, 7) is 0. The molecule has 0 radical (unpaired) electrons. The molecule has 0 heterocycles. The fourth-order valence-corrected chi connectivity index (χ4v) is 1.51. The molecule has 0 amide bonds. The third-order valence-electron chi connectivity index (χ3n) is 2.34. The Morgan fingerprint density at radius 1 is 1.06 bits per heavy atom. The minimum atomic E-state index is -1.47. The second-order valence-corrected chi connectivity index (χ2v) is 3.48. The maximum atomic E-state index is 9.14. The van der Waals surface area contributed by atoms with Gasteiger partial charge < -0.3 is 10.0 Å². The highest BCUT2D eigenvalue weighted by molar-refractivity contribution is 6.52. The molecular weight excluding hydrogens is 199 g/mol. The molecule has 2 rings (SSSR count). The van der Waals surface area contributed by atoms with E-state index < -0.39 is 7.12 Å². The molecule has 0 aromatic heterocycles. The zero-order valence-corrected chi connectivity index (χ0v) is 8.67. The van der Waals surface area contributed by atoms with Crippen molar-refractivity contribution in [1.82, 2.24) is 0 Å². The first-order valence-electron chi connectivity index (χ1n) is 5.03. The van der Waals surface area contributed by atoms with Gasteiger partial charge in [-0.3, -0.25) is 0 Å². The van der Waals surface area contributed by atoms with Gasteiger partial charge in [0.2, 0.25) is 0 Å². The highest BCUT2D eigenvalue weighted by Gasteiger charge is 2.13. The third-order valence-corrected chi connectivity index (χ3v) is 2.34. The molecule has 78 valence electrons. The Morgan fingerprint density at radius 3 is 2.50 bits per heavy atom. The first-order valence-corrected chi connectivity index (χ1v) is 5.03. The maximum absolute atomic E-state index is 9.14. The van der Waals surface area contributed by atoms with Crippen LogP contribution >= 0.6 is 0 Å². The fraction of sp³-hybridized carbons (Fsp3) is 0. The normalized spacial score (nSPS) is 14.1. The largest absolute Gasteiger partial charge is 0.489 e. The quantitative estimate of drug-likeness (QED) is 0.576. The molecule has 0 fully saturated rings. The fourth-order valence-electron chi connectivity index (χ4n) is 1.51. The predicted octanol–water partition coefficient (Wildman–Crippen LogP) is 1.73. The van der Waals surface area contributed by atoms with Gasteiger partial charge in [0.05, 0.1) is 0 Å². The van der Waals surface area contributed by atoms with Gasteiger partial charge in [-0.1, -0.05) is 36.4 Å². The van der Waals surface area contributed by atoms with Gasteiger partial charge in [-0.25, -0.2) is 0 Å². The molecule has 1 aliphatic carbocycles. The van der Waals surface area contributed by atoms with E-state index in [9.17, 15) is 0 Å². The summed E-state index contributed by atoms with van der Waals surface area (Å²) in [4.78, 5) is 0. The Morgan fingerprint density at radius 2 is 1.81 bits per heavy atom. The lowest BCUT2D eigenvalue weighted by atomic mass is 9.78. The minimum absolute atomic E-state index is 0.434. The molecule has 1 aromatic carbocycles. The molecule has 0 saturated carbocycles. The van der Waals surface area contributed by atoms with Crippen LogP contribution in [0.1, 0.15) is 5.56 Å². The highest BCUT2D eigenvalue weighted by Crippen LogP contribution is 2.19. The lowest BCUT2D eigenvalue weighted by molar-refractivity contribution is 0.421. The summed E-state index contributed by atoms with van der Waals surface area (Å²) in [5, 5.41) is 18.3. The van der Waals surface area contributed by atoms with Crippen molar-refractivity contribution in [2.24, 2.45) is 0 Å². The predicted molar refractivity (Wildman–Crippen MR) is 65.3 cm³/mol. The average Bonchev–Trinajstić information content (AvgIpc) is 2.56. The monoisotopic (exact) mass is 210 g/mol. The summed E-state index contributed by atoms with van der Waals surface area (Å²) in [5.41, 5.74) is 5.27. The van der Waals surface area contributed by atoms with Gasteiger partial charge in [0.25, 0.3) is 0 Å². The average molecular weight is 210 g/mol. The van der Waals surface area contributed by atoms with E-state index in [1.165, 1.54) is 0 Å². The van der Waals surface area contributed by atoms with Crippen molar-refractivity contribution in [3.8, 4) is 0 Å². The van der Waals surface area contributed by atoms with E-state index in [2.05, 4.69) is 5.73 Å². The van der Waals surface area contributed by atoms with Crippen LogP contribution in [0.25, 0.3) is 5.57 Å². The summed E-state index contributed by atoms with van der Waals surface area (Å²) >= 11 is 0. The number of hydrogen-bond donors (Lipinski definition) is 2. The van der Waals surface area contributed by atoms with Gasteiger partial charge in [-0.15, -0.1) is 5.73 Å². The number of benzene rings is 1. The number of rotatable bonds is 2. The van der Waals surface area contributed by atoms with Gasteiger partial charge in [0, 0.05) is 0 Å². The summed E-state index contributed by atoms with van der Waals surface area (Å²) in [7, 11) is -1.47. The van der Waals surface area contributed by atoms with Crippen LogP contribution in [-0.2, 0) is 0 Å². The Hall–Kier alpha value is -1.80. The van der Waals surface area contributed by atoms with Crippen molar-refractivity contribution in [3.63, 3.8) is 0 Å². The molecule has 1 aliphatic rings. The highest BCUT2D eigenvalue weighted by atomic mass is 16.4. The van der Waals surface area contributed by atoms with Gasteiger partial charge in [-0.2, -0.15) is 0 Å². The molecule has 0 bridgehead atoms. The zero-order chi connectivity index (χ0) is 11.4. The van der Waals surface area contributed by atoms with Crippen LogP contribution in [0.15, 0.2) is 65.8 Å². The third kappa shape index (κ3) is 2.41. The van der Waals surface area contributed by atoms with E-state index in [0.29, 0.717) is 5.47 Å². The lowest BCUT2D eigenvalue weighted by Crippen LogP contribution is -2.13. The number of allylic oxidation sites excluding steroid dienone is 5. The molecule has 1 aromatic rings. The van der Waals surface area contributed by atoms with E-state index in [1.54, 1.807) is 18.2 Å². The second-order valence-electron chi connectivity index (χ2n) is 3.48. The number of hydrogen-bond acceptors (Lipinski definition) is 2. The van der Waals surface area contributed by atoms with E-state index in [1.807, 2.05) is 36.4 Å². The van der Waals surface area contributed by atoms with Crippen LogP contribution in [0, 0.1) is 0 Å². The van der Waals surface area contributed by atoms with Crippen LogP contribution in [0.2, 0.25) is 0 Å². The molecule has 2 N–H and O–H groups in total. The van der Waals surface area contributed by atoms with E-state index >= 15 is 0 Å². The SMILES string of the molecule is OB(O)C1=CC(c2ccccc2)=CC=C=C1. The molecule has 0 spiro atoms. The lowest BCUT2D eigenvalue weighted by Gasteiger charge is -2.03. The molecule has 16 heavy (non-hydrogen) atoms.